The molecule has 0 aliphatic heterocycles. The van der Waals surface area contributed by atoms with E-state index in [2.05, 4.69) is 25.8 Å². The molecular weight excluding hydrogens is 352 g/mol. The molecule has 1 aliphatic carbocycles. The second-order valence-electron chi connectivity index (χ2n) is 7.52. The normalized spacial score (nSPS) is 23.3. The summed E-state index contributed by atoms with van der Waals surface area (Å²) in [4.78, 5) is 29.2. The van der Waals surface area contributed by atoms with Gasteiger partial charge in [0.25, 0.3) is 0 Å². The highest BCUT2D eigenvalue weighted by atomic mass is 32.1. The molecule has 0 saturated heterocycles. The van der Waals surface area contributed by atoms with Crippen molar-refractivity contribution in [3.05, 3.63) is 23.5 Å². The Bertz CT molecular complexity index is 738. The van der Waals surface area contributed by atoms with Gasteiger partial charge in [-0.3, -0.25) is 9.20 Å². The molecule has 142 valence electrons. The summed E-state index contributed by atoms with van der Waals surface area (Å²) in [5.74, 6) is 0.473. The minimum Gasteiger partial charge on any atom is -0.460 e. The van der Waals surface area contributed by atoms with Gasteiger partial charge in [0, 0.05) is 17.8 Å². The molecule has 0 bridgehead atoms. The van der Waals surface area contributed by atoms with E-state index in [4.69, 9.17) is 9.47 Å². The Morgan fingerprint density at radius 2 is 2.15 bits per heavy atom. The van der Waals surface area contributed by atoms with Gasteiger partial charge in [-0.15, -0.1) is 11.3 Å². The van der Waals surface area contributed by atoms with Crippen molar-refractivity contribution in [2.45, 2.75) is 52.6 Å². The fourth-order valence-corrected chi connectivity index (χ4v) is 4.37. The lowest BCUT2D eigenvalue weighted by Gasteiger charge is -2.36. The topological polar surface area (TPSA) is 69.9 Å². The first-order valence-electron chi connectivity index (χ1n) is 9.18. The van der Waals surface area contributed by atoms with E-state index in [1.807, 2.05) is 16.0 Å². The zero-order valence-corrected chi connectivity index (χ0v) is 16.3. The maximum atomic E-state index is 12.1. The summed E-state index contributed by atoms with van der Waals surface area (Å²) < 4.78 is 12.6. The number of esters is 2. The highest BCUT2D eigenvalue weighted by Gasteiger charge is 2.33. The quantitative estimate of drug-likeness (QED) is 0.720. The molecule has 1 saturated carbocycles. The number of nitrogens with zero attached hydrogens (tertiary/aromatic N) is 2. The lowest BCUT2D eigenvalue weighted by Crippen LogP contribution is -2.36. The summed E-state index contributed by atoms with van der Waals surface area (Å²) in [5, 5.41) is 1.93. The van der Waals surface area contributed by atoms with Gasteiger partial charge in [0.05, 0.1) is 12.1 Å². The van der Waals surface area contributed by atoms with E-state index in [9.17, 15) is 9.59 Å². The van der Waals surface area contributed by atoms with E-state index in [-0.39, 0.29) is 19.1 Å². The molecule has 0 N–H and O–H groups in total. The summed E-state index contributed by atoms with van der Waals surface area (Å²) >= 11 is 1.50. The molecule has 2 aromatic heterocycles. The SMILES string of the molecule is CC(C)[C@H]1CC[C@@H](C)C[C@@H]1OC(=O)COC(=O)Cc1cn2ccsc2n1. The first kappa shape index (κ1) is 18.9. The Hall–Kier alpha value is -1.89. The van der Waals surface area contributed by atoms with Crippen LogP contribution in [0.1, 0.15) is 45.7 Å². The van der Waals surface area contributed by atoms with Gasteiger partial charge in [0.1, 0.15) is 6.10 Å². The molecule has 2 heterocycles. The average Bonchev–Trinajstić information content (AvgIpc) is 3.14. The highest BCUT2D eigenvalue weighted by Crippen LogP contribution is 2.35. The molecule has 0 unspecified atom stereocenters. The van der Waals surface area contributed by atoms with Crippen LogP contribution in [-0.4, -0.2) is 34.0 Å². The monoisotopic (exact) mass is 378 g/mol. The fourth-order valence-electron chi connectivity index (χ4n) is 3.65. The Morgan fingerprint density at radius 3 is 2.88 bits per heavy atom. The van der Waals surface area contributed by atoms with Crippen LogP contribution in [0, 0.1) is 17.8 Å². The molecule has 0 spiro atoms. The minimum absolute atomic E-state index is 0.0523. The molecular formula is C19H26N2O4S. The molecule has 0 amide bonds. The van der Waals surface area contributed by atoms with Crippen molar-refractivity contribution < 1.29 is 19.1 Å². The van der Waals surface area contributed by atoms with Crippen LogP contribution < -0.4 is 0 Å². The van der Waals surface area contributed by atoms with Gasteiger partial charge in [-0.2, -0.15) is 0 Å². The molecule has 0 aromatic carbocycles. The van der Waals surface area contributed by atoms with Crippen LogP contribution in [0.15, 0.2) is 17.8 Å². The summed E-state index contributed by atoms with van der Waals surface area (Å²) in [6, 6.07) is 0. The van der Waals surface area contributed by atoms with Crippen LogP contribution >= 0.6 is 11.3 Å². The zero-order valence-electron chi connectivity index (χ0n) is 15.5. The number of thiazole rings is 1. The summed E-state index contributed by atoms with van der Waals surface area (Å²) in [7, 11) is 0. The number of aromatic nitrogens is 2. The van der Waals surface area contributed by atoms with Gasteiger partial charge in [-0.05, 0) is 30.6 Å². The second kappa shape index (κ2) is 8.20. The van der Waals surface area contributed by atoms with Crippen LogP contribution in [0.25, 0.3) is 4.96 Å². The maximum absolute atomic E-state index is 12.1. The number of ether oxygens (including phenoxy) is 2. The van der Waals surface area contributed by atoms with Gasteiger partial charge in [-0.25, -0.2) is 9.78 Å². The lowest BCUT2D eigenvalue weighted by atomic mass is 9.75. The van der Waals surface area contributed by atoms with Crippen molar-refractivity contribution in [3.8, 4) is 0 Å². The molecule has 7 heteroatoms. The highest BCUT2D eigenvalue weighted by molar-refractivity contribution is 7.15. The lowest BCUT2D eigenvalue weighted by molar-refractivity contribution is -0.166. The van der Waals surface area contributed by atoms with Gasteiger partial charge < -0.3 is 9.47 Å². The van der Waals surface area contributed by atoms with E-state index in [0.717, 1.165) is 17.8 Å². The predicted octanol–water partition coefficient (Wildman–Crippen LogP) is 3.49. The standard InChI is InChI=1S/C19H26N2O4S/c1-12(2)15-5-4-13(3)8-16(15)25-18(23)11-24-17(22)9-14-10-21-6-7-26-19(21)20-14/h6-7,10,12-13,15-16H,4-5,8-9,11H2,1-3H3/t13-,15-,16+/m1/s1. The van der Waals surface area contributed by atoms with Crippen molar-refractivity contribution in [1.29, 1.82) is 0 Å². The molecule has 3 atom stereocenters. The first-order valence-corrected chi connectivity index (χ1v) is 10.1. The molecule has 1 aliphatic rings. The van der Waals surface area contributed by atoms with Gasteiger partial charge >= 0.3 is 11.9 Å². The van der Waals surface area contributed by atoms with Gasteiger partial charge in [0.2, 0.25) is 0 Å². The molecule has 6 nitrogen and oxygen atoms in total. The minimum atomic E-state index is -0.467. The van der Waals surface area contributed by atoms with Crippen molar-refractivity contribution in [3.63, 3.8) is 0 Å². The molecule has 3 rings (SSSR count). The van der Waals surface area contributed by atoms with Crippen molar-refractivity contribution in [2.75, 3.05) is 6.61 Å². The third kappa shape index (κ3) is 4.63. The third-order valence-corrected chi connectivity index (χ3v) is 5.83. The van der Waals surface area contributed by atoms with Gasteiger partial charge in [-0.1, -0.05) is 27.2 Å². The van der Waals surface area contributed by atoms with Crippen LogP contribution in [0.3, 0.4) is 0 Å². The molecule has 2 aromatic rings. The average molecular weight is 378 g/mol. The van der Waals surface area contributed by atoms with Crippen molar-refractivity contribution in [1.82, 2.24) is 9.38 Å². The van der Waals surface area contributed by atoms with E-state index in [1.54, 1.807) is 6.20 Å². The van der Waals surface area contributed by atoms with Crippen LogP contribution in [0.4, 0.5) is 0 Å². The summed E-state index contributed by atoms with van der Waals surface area (Å²) in [5.41, 5.74) is 0.635. The summed E-state index contributed by atoms with van der Waals surface area (Å²) in [6.07, 6.45) is 6.79. The number of carbonyl (C=O) groups excluding carboxylic acids is 2. The largest absolute Gasteiger partial charge is 0.460 e. The van der Waals surface area contributed by atoms with E-state index >= 15 is 0 Å². The van der Waals surface area contributed by atoms with E-state index in [1.165, 1.54) is 17.8 Å². The van der Waals surface area contributed by atoms with E-state index in [0.29, 0.717) is 23.4 Å². The Labute approximate surface area is 157 Å². The number of fused-ring (bicyclic) bond motifs is 1. The van der Waals surface area contributed by atoms with Gasteiger partial charge in [0.15, 0.2) is 11.6 Å². The Morgan fingerprint density at radius 1 is 1.35 bits per heavy atom. The zero-order chi connectivity index (χ0) is 18.7. The maximum Gasteiger partial charge on any atom is 0.344 e. The molecule has 26 heavy (non-hydrogen) atoms. The number of carbonyl (C=O) groups is 2. The Kier molecular flexibility index (Phi) is 5.96. The first-order chi connectivity index (χ1) is 12.4. The summed E-state index contributed by atoms with van der Waals surface area (Å²) in [6.45, 7) is 6.18. The predicted molar refractivity (Wildman–Crippen MR) is 99.0 cm³/mol. The van der Waals surface area contributed by atoms with Crippen molar-refractivity contribution in [2.24, 2.45) is 17.8 Å². The number of imidazole rings is 1. The van der Waals surface area contributed by atoms with Crippen molar-refractivity contribution >= 4 is 28.2 Å². The second-order valence-corrected chi connectivity index (χ2v) is 8.39. The number of rotatable bonds is 6. The smallest absolute Gasteiger partial charge is 0.344 e. The van der Waals surface area contributed by atoms with Crippen LogP contribution in [0.2, 0.25) is 0 Å². The molecule has 1 fully saturated rings. The molecule has 0 radical (unpaired) electrons. The third-order valence-electron chi connectivity index (χ3n) is 5.06. The van der Waals surface area contributed by atoms with Crippen LogP contribution in [0.5, 0.6) is 0 Å². The Balaban J connectivity index is 1.46. The van der Waals surface area contributed by atoms with E-state index < -0.39 is 11.9 Å². The fraction of sp³-hybridized carbons (Fsp3) is 0.632. The number of hydrogen-bond donors (Lipinski definition) is 0. The van der Waals surface area contributed by atoms with Crippen LogP contribution in [-0.2, 0) is 25.5 Å². The number of hydrogen-bond acceptors (Lipinski definition) is 6.